The molecule has 8 heteroatoms. The fraction of sp³-hybridized carbons (Fsp3) is 0.364. The lowest BCUT2D eigenvalue weighted by molar-refractivity contribution is 0.107. The Balaban J connectivity index is 0.000000171. The molecule has 2 aromatic rings. The summed E-state index contributed by atoms with van der Waals surface area (Å²) in [6.45, 7) is 6.68. The van der Waals surface area contributed by atoms with Crippen LogP contribution in [0, 0.1) is 0 Å². The fourth-order valence-corrected chi connectivity index (χ4v) is 3.54. The molecule has 0 bridgehead atoms. The summed E-state index contributed by atoms with van der Waals surface area (Å²) in [5, 5.41) is -0.605. The van der Waals surface area contributed by atoms with Gasteiger partial charge < -0.3 is 19.3 Å². The molecule has 0 unspecified atom stereocenters. The van der Waals surface area contributed by atoms with Crippen molar-refractivity contribution < 1.29 is 19.1 Å². The number of ether oxygens (including phenoxy) is 2. The van der Waals surface area contributed by atoms with Crippen molar-refractivity contribution in [3.05, 3.63) is 59.7 Å². The Bertz CT molecular complexity index is 762. The number of carbonyl (C=O) groups is 2. The third-order valence-corrected chi connectivity index (χ3v) is 5.44. The van der Waals surface area contributed by atoms with Gasteiger partial charge in [0.2, 0.25) is 5.12 Å². The highest BCUT2D eigenvalue weighted by Gasteiger charge is 2.12. The minimum absolute atomic E-state index is 0.191. The number of rotatable bonds is 4. The van der Waals surface area contributed by atoms with Crippen molar-refractivity contribution in [2.75, 3.05) is 62.4 Å². The Morgan fingerprint density at radius 2 is 1.07 bits per heavy atom. The van der Waals surface area contributed by atoms with Gasteiger partial charge in [-0.25, -0.2) is 0 Å². The minimum Gasteiger partial charge on any atom is -0.378 e. The molecule has 30 heavy (non-hydrogen) atoms. The zero-order valence-electron chi connectivity index (χ0n) is 16.6. The molecule has 0 amide bonds. The van der Waals surface area contributed by atoms with Gasteiger partial charge in [0.15, 0.2) is 0 Å². The normalized spacial score (nSPS) is 16.5. The van der Waals surface area contributed by atoms with E-state index in [0.29, 0.717) is 11.1 Å². The molecule has 0 saturated carbocycles. The van der Waals surface area contributed by atoms with Crippen LogP contribution in [0.5, 0.6) is 0 Å². The van der Waals surface area contributed by atoms with Crippen LogP contribution in [-0.2, 0) is 9.47 Å². The average molecular weight is 449 g/mol. The Morgan fingerprint density at radius 3 is 1.40 bits per heavy atom. The van der Waals surface area contributed by atoms with Crippen molar-refractivity contribution in [2.45, 2.75) is 0 Å². The molecule has 0 N–H and O–H groups in total. The molecule has 6 nitrogen and oxygen atoms in total. The van der Waals surface area contributed by atoms with Gasteiger partial charge in [0, 0.05) is 48.7 Å². The lowest BCUT2D eigenvalue weighted by atomic mass is 10.2. The van der Waals surface area contributed by atoms with Crippen LogP contribution in [0.25, 0.3) is 0 Å². The summed E-state index contributed by atoms with van der Waals surface area (Å²) in [5.41, 5.74) is 3.42. The highest BCUT2D eigenvalue weighted by Crippen LogP contribution is 2.18. The molecule has 160 valence electrons. The standard InChI is InChI=1S/C11H12ClNO2.C11H13NO2S/c12-11(14)9-1-3-10(4-2-9)13-5-7-15-8-6-13;13-11(15)9-1-3-10(4-2-9)12-5-7-14-8-6-12/h1-4H,5-8H2;1-4H,5-8H2,(H,13,15). The van der Waals surface area contributed by atoms with Crippen molar-refractivity contribution in [1.82, 2.24) is 0 Å². The SMILES string of the molecule is O=C(Cl)c1ccc(N2CCOCC2)cc1.O=C(S)c1ccc(N2CCOCC2)cc1. The Hall–Kier alpha value is -2.06. The molecule has 0 spiro atoms. The largest absolute Gasteiger partial charge is 0.378 e. The first-order valence-corrected chi connectivity index (χ1v) is 10.7. The third kappa shape index (κ3) is 6.47. The maximum absolute atomic E-state index is 11.0. The van der Waals surface area contributed by atoms with E-state index in [9.17, 15) is 9.59 Å². The van der Waals surface area contributed by atoms with Crippen LogP contribution in [0.1, 0.15) is 20.7 Å². The first-order chi connectivity index (χ1) is 14.5. The summed E-state index contributed by atoms with van der Waals surface area (Å²) >= 11 is 9.15. The van der Waals surface area contributed by atoms with Crippen molar-refractivity contribution in [2.24, 2.45) is 0 Å². The number of benzene rings is 2. The monoisotopic (exact) mass is 448 g/mol. The Kier molecular flexibility index (Phi) is 8.57. The van der Waals surface area contributed by atoms with Crippen molar-refractivity contribution >= 4 is 46.0 Å². The Labute approximate surface area is 187 Å². The maximum Gasteiger partial charge on any atom is 0.252 e. The molecule has 2 heterocycles. The van der Waals surface area contributed by atoms with Crippen LogP contribution in [0.3, 0.4) is 0 Å². The first-order valence-electron chi connectivity index (χ1n) is 9.83. The summed E-state index contributed by atoms with van der Waals surface area (Å²) in [7, 11) is 0. The number of morpholine rings is 2. The van der Waals surface area contributed by atoms with Gasteiger partial charge in [-0.05, 0) is 60.1 Å². The topological polar surface area (TPSA) is 59.1 Å². The second-order valence-electron chi connectivity index (χ2n) is 6.87. The molecule has 4 rings (SSSR count). The molecule has 2 fully saturated rings. The molecule has 2 saturated heterocycles. The summed E-state index contributed by atoms with van der Waals surface area (Å²) in [4.78, 5) is 26.3. The molecule has 0 aliphatic carbocycles. The van der Waals surface area contributed by atoms with Gasteiger partial charge in [-0.3, -0.25) is 9.59 Å². The average Bonchev–Trinajstić information content (AvgIpc) is 2.81. The van der Waals surface area contributed by atoms with Gasteiger partial charge in [-0.2, -0.15) is 0 Å². The van der Waals surface area contributed by atoms with E-state index in [1.165, 1.54) is 0 Å². The van der Waals surface area contributed by atoms with Gasteiger partial charge >= 0.3 is 0 Å². The second-order valence-corrected chi connectivity index (χ2v) is 7.62. The first kappa shape index (κ1) is 22.6. The number of nitrogens with zero attached hydrogens (tertiary/aromatic N) is 2. The third-order valence-electron chi connectivity index (χ3n) is 4.96. The van der Waals surface area contributed by atoms with Crippen LogP contribution in [0.15, 0.2) is 48.5 Å². The van der Waals surface area contributed by atoms with E-state index in [0.717, 1.165) is 64.0 Å². The smallest absolute Gasteiger partial charge is 0.252 e. The molecule has 0 atom stereocenters. The van der Waals surface area contributed by atoms with E-state index in [2.05, 4.69) is 22.4 Å². The van der Waals surface area contributed by atoms with Crippen molar-refractivity contribution in [1.29, 1.82) is 0 Å². The lowest BCUT2D eigenvalue weighted by Crippen LogP contribution is -2.36. The maximum atomic E-state index is 11.0. The minimum atomic E-state index is -0.413. The number of anilines is 2. The molecule has 2 aromatic carbocycles. The number of hydrogen-bond donors (Lipinski definition) is 1. The summed E-state index contributed by atoms with van der Waals surface area (Å²) in [6.07, 6.45) is 0. The van der Waals surface area contributed by atoms with E-state index in [4.69, 9.17) is 21.1 Å². The van der Waals surface area contributed by atoms with Gasteiger partial charge in [0.05, 0.1) is 26.4 Å². The van der Waals surface area contributed by atoms with Crippen LogP contribution >= 0.6 is 24.2 Å². The highest BCUT2D eigenvalue weighted by atomic mass is 35.5. The van der Waals surface area contributed by atoms with Gasteiger partial charge in [0.1, 0.15) is 0 Å². The molecule has 0 radical (unpaired) electrons. The molecular weight excluding hydrogens is 424 g/mol. The predicted octanol–water partition coefficient (Wildman–Crippen LogP) is 3.50. The van der Waals surface area contributed by atoms with E-state index in [1.807, 2.05) is 24.3 Å². The zero-order chi connectivity index (χ0) is 21.3. The second kappa shape index (κ2) is 11.4. The lowest BCUT2D eigenvalue weighted by Gasteiger charge is -2.28. The van der Waals surface area contributed by atoms with Crippen molar-refractivity contribution in [3.63, 3.8) is 0 Å². The van der Waals surface area contributed by atoms with Crippen LogP contribution < -0.4 is 9.80 Å². The highest BCUT2D eigenvalue weighted by molar-refractivity contribution is 7.97. The molecule has 2 aliphatic rings. The van der Waals surface area contributed by atoms with Crippen LogP contribution in [0.2, 0.25) is 0 Å². The van der Waals surface area contributed by atoms with E-state index in [-0.39, 0.29) is 5.12 Å². The summed E-state index contributed by atoms with van der Waals surface area (Å²) in [6, 6.07) is 14.9. The zero-order valence-corrected chi connectivity index (χ0v) is 18.3. The molecule has 2 aliphatic heterocycles. The number of carbonyl (C=O) groups excluding carboxylic acids is 2. The fourth-order valence-electron chi connectivity index (χ4n) is 3.26. The summed E-state index contributed by atoms with van der Waals surface area (Å²) in [5.74, 6) is 0. The summed E-state index contributed by atoms with van der Waals surface area (Å²) < 4.78 is 10.5. The number of halogens is 1. The van der Waals surface area contributed by atoms with Gasteiger partial charge in [-0.15, -0.1) is 12.6 Å². The van der Waals surface area contributed by atoms with E-state index >= 15 is 0 Å². The van der Waals surface area contributed by atoms with Gasteiger partial charge in [0.25, 0.3) is 5.24 Å². The quantitative estimate of drug-likeness (QED) is 0.570. The van der Waals surface area contributed by atoms with Crippen LogP contribution in [-0.4, -0.2) is 63.0 Å². The molecular formula is C22H25ClN2O4S. The number of thiol groups is 1. The number of hydrogen-bond acceptors (Lipinski definition) is 6. The Morgan fingerprint density at radius 1 is 0.700 bits per heavy atom. The van der Waals surface area contributed by atoms with E-state index < -0.39 is 5.24 Å². The van der Waals surface area contributed by atoms with Gasteiger partial charge in [-0.1, -0.05) is 0 Å². The molecule has 0 aromatic heterocycles. The van der Waals surface area contributed by atoms with Crippen LogP contribution in [0.4, 0.5) is 11.4 Å². The van der Waals surface area contributed by atoms with Crippen molar-refractivity contribution in [3.8, 4) is 0 Å². The predicted molar refractivity (Wildman–Crippen MR) is 122 cm³/mol. The van der Waals surface area contributed by atoms with E-state index in [1.54, 1.807) is 24.3 Å².